The molecule has 34 heavy (non-hydrogen) atoms. The molecule has 11 heteroatoms. The summed E-state index contributed by atoms with van der Waals surface area (Å²) in [5, 5.41) is 5.28. The monoisotopic (exact) mass is 510 g/mol. The molecule has 1 aliphatic rings. The fraction of sp³-hybridized carbons (Fsp3) is 0.435. The molecule has 0 bridgehead atoms. The van der Waals surface area contributed by atoms with E-state index in [1.54, 1.807) is 6.92 Å². The van der Waals surface area contributed by atoms with E-state index in [1.807, 2.05) is 0 Å². The quantitative estimate of drug-likeness (QED) is 0.405. The number of hydrogen-bond donors (Lipinski definition) is 2. The molecule has 0 fully saturated rings. The van der Waals surface area contributed by atoms with E-state index in [-0.39, 0.29) is 35.7 Å². The zero-order valence-corrected chi connectivity index (χ0v) is 20.5. The molecule has 2 N–H and O–H groups in total. The van der Waals surface area contributed by atoms with Crippen LogP contribution in [0.15, 0.2) is 29.2 Å². The average molecular weight is 511 g/mol. The van der Waals surface area contributed by atoms with Gasteiger partial charge in [0, 0.05) is 11.3 Å². The number of rotatable bonds is 8. The number of halogens is 1. The first-order valence-electron chi connectivity index (χ1n) is 11.1. The maximum Gasteiger partial charge on any atom is 0.414 e. The molecule has 0 spiro atoms. The second-order valence-electron chi connectivity index (χ2n) is 7.87. The number of anilines is 1. The number of thiophene rings is 1. The summed E-state index contributed by atoms with van der Waals surface area (Å²) in [7, 11) is -3.65. The van der Waals surface area contributed by atoms with E-state index in [0.29, 0.717) is 11.4 Å². The second-order valence-corrected chi connectivity index (χ2v) is 11.1. The number of aryl methyl sites for hydroxylation is 1. The van der Waals surface area contributed by atoms with Gasteiger partial charge in [0.15, 0.2) is 9.84 Å². The standard InChI is InChI=1S/C23H27FN2O6S2/c1-2-32-23(29)26-21(28)20-17-7-4-3-5-8-18(17)33-22(20)25-19(27)9-6-14-34(30,31)16-12-10-15(24)11-13-16/h10-13H,2-9,14H2,1H3,(H,25,27)(H,26,28,29). The highest BCUT2D eigenvalue weighted by Gasteiger charge is 2.27. The predicted octanol–water partition coefficient (Wildman–Crippen LogP) is 4.24. The molecule has 3 rings (SSSR count). The first-order chi connectivity index (χ1) is 16.2. The number of fused-ring (bicyclic) bond motifs is 1. The Morgan fingerprint density at radius 3 is 2.50 bits per heavy atom. The van der Waals surface area contributed by atoms with E-state index in [2.05, 4.69) is 10.6 Å². The Bertz CT molecular complexity index is 1160. The Labute approximate surface area is 201 Å². The molecule has 1 heterocycles. The molecular formula is C23H27FN2O6S2. The van der Waals surface area contributed by atoms with Crippen LogP contribution < -0.4 is 10.6 Å². The van der Waals surface area contributed by atoms with E-state index in [1.165, 1.54) is 23.5 Å². The molecular weight excluding hydrogens is 483 g/mol. The third kappa shape index (κ3) is 6.63. The molecule has 0 aliphatic heterocycles. The molecule has 0 unspecified atom stereocenters. The molecule has 8 nitrogen and oxygen atoms in total. The fourth-order valence-corrected chi connectivity index (χ4v) is 6.38. The van der Waals surface area contributed by atoms with Gasteiger partial charge in [-0.05, 0) is 68.9 Å². The molecule has 0 atom stereocenters. The fourth-order valence-electron chi connectivity index (χ4n) is 3.76. The summed E-state index contributed by atoms with van der Waals surface area (Å²) < 4.78 is 42.6. The van der Waals surface area contributed by atoms with Crippen molar-refractivity contribution in [2.75, 3.05) is 17.7 Å². The summed E-state index contributed by atoms with van der Waals surface area (Å²) in [4.78, 5) is 38.2. The van der Waals surface area contributed by atoms with Gasteiger partial charge in [0.1, 0.15) is 10.8 Å². The molecule has 1 aromatic carbocycles. The Morgan fingerprint density at radius 1 is 1.09 bits per heavy atom. The number of nitrogens with one attached hydrogen (secondary N) is 2. The molecule has 0 saturated carbocycles. The summed E-state index contributed by atoms with van der Waals surface area (Å²) >= 11 is 1.31. The van der Waals surface area contributed by atoms with Gasteiger partial charge >= 0.3 is 6.09 Å². The summed E-state index contributed by atoms with van der Waals surface area (Å²) in [6, 6.07) is 4.53. The number of amides is 3. The maximum absolute atomic E-state index is 13.0. The van der Waals surface area contributed by atoms with Crippen molar-refractivity contribution in [2.24, 2.45) is 0 Å². The highest BCUT2D eigenvalue weighted by Crippen LogP contribution is 2.37. The van der Waals surface area contributed by atoms with Gasteiger partial charge < -0.3 is 10.1 Å². The molecule has 3 amide bonds. The van der Waals surface area contributed by atoms with Crippen molar-refractivity contribution in [3.8, 4) is 0 Å². The van der Waals surface area contributed by atoms with Crippen LogP contribution in [-0.2, 0) is 32.2 Å². The maximum atomic E-state index is 13.0. The zero-order chi connectivity index (χ0) is 24.7. The van der Waals surface area contributed by atoms with Gasteiger partial charge in [0.25, 0.3) is 5.91 Å². The van der Waals surface area contributed by atoms with Crippen molar-refractivity contribution in [3.05, 3.63) is 46.1 Å². The number of carbonyl (C=O) groups is 3. The highest BCUT2D eigenvalue weighted by molar-refractivity contribution is 7.91. The Morgan fingerprint density at radius 2 is 1.79 bits per heavy atom. The lowest BCUT2D eigenvalue weighted by atomic mass is 10.0. The lowest BCUT2D eigenvalue weighted by molar-refractivity contribution is -0.116. The lowest BCUT2D eigenvalue weighted by Gasteiger charge is -2.10. The predicted molar refractivity (Wildman–Crippen MR) is 126 cm³/mol. The van der Waals surface area contributed by atoms with Crippen molar-refractivity contribution in [1.82, 2.24) is 5.32 Å². The van der Waals surface area contributed by atoms with Crippen molar-refractivity contribution in [2.45, 2.75) is 56.8 Å². The van der Waals surface area contributed by atoms with Crippen LogP contribution in [0.4, 0.5) is 14.2 Å². The summed E-state index contributed by atoms with van der Waals surface area (Å²) in [5.74, 6) is -1.87. The minimum Gasteiger partial charge on any atom is -0.450 e. The van der Waals surface area contributed by atoms with E-state index >= 15 is 0 Å². The zero-order valence-electron chi connectivity index (χ0n) is 18.8. The molecule has 1 aliphatic carbocycles. The van der Waals surface area contributed by atoms with Gasteiger partial charge in [-0.3, -0.25) is 14.9 Å². The lowest BCUT2D eigenvalue weighted by Crippen LogP contribution is -2.32. The number of benzene rings is 1. The number of imide groups is 1. The number of hydrogen-bond acceptors (Lipinski definition) is 7. The van der Waals surface area contributed by atoms with Crippen molar-refractivity contribution >= 4 is 44.1 Å². The van der Waals surface area contributed by atoms with E-state index in [4.69, 9.17) is 4.74 Å². The van der Waals surface area contributed by atoms with Crippen molar-refractivity contribution < 1.29 is 31.9 Å². The summed E-state index contributed by atoms with van der Waals surface area (Å²) in [6.07, 6.45) is 3.48. The van der Waals surface area contributed by atoms with Gasteiger partial charge in [-0.1, -0.05) is 6.42 Å². The van der Waals surface area contributed by atoms with E-state index < -0.39 is 33.6 Å². The molecule has 184 valence electrons. The normalized spacial score (nSPS) is 13.5. The summed E-state index contributed by atoms with van der Waals surface area (Å²) in [6.45, 7) is 1.74. The highest BCUT2D eigenvalue weighted by atomic mass is 32.2. The van der Waals surface area contributed by atoms with Crippen LogP contribution in [0, 0.1) is 5.82 Å². The van der Waals surface area contributed by atoms with E-state index in [0.717, 1.165) is 48.3 Å². The number of ether oxygens (including phenoxy) is 1. The molecule has 1 aromatic heterocycles. The first-order valence-corrected chi connectivity index (χ1v) is 13.6. The van der Waals surface area contributed by atoms with Gasteiger partial charge in [-0.2, -0.15) is 0 Å². The van der Waals surface area contributed by atoms with Crippen LogP contribution in [0.3, 0.4) is 0 Å². The van der Waals surface area contributed by atoms with Crippen LogP contribution in [-0.4, -0.2) is 38.7 Å². The largest absolute Gasteiger partial charge is 0.450 e. The Balaban J connectivity index is 1.69. The minimum absolute atomic E-state index is 0.00534. The number of sulfone groups is 1. The average Bonchev–Trinajstić information content (AvgIpc) is 2.94. The Kier molecular flexibility index (Phi) is 8.78. The molecule has 0 radical (unpaired) electrons. The van der Waals surface area contributed by atoms with Crippen molar-refractivity contribution in [1.29, 1.82) is 0 Å². The van der Waals surface area contributed by atoms with Gasteiger partial charge in [-0.25, -0.2) is 17.6 Å². The van der Waals surface area contributed by atoms with Crippen LogP contribution in [0.2, 0.25) is 0 Å². The van der Waals surface area contributed by atoms with Crippen molar-refractivity contribution in [3.63, 3.8) is 0 Å². The molecule has 2 aromatic rings. The van der Waals surface area contributed by atoms with Gasteiger partial charge in [-0.15, -0.1) is 11.3 Å². The third-order valence-corrected chi connectivity index (χ3v) is 8.41. The van der Waals surface area contributed by atoms with E-state index in [9.17, 15) is 27.2 Å². The van der Waals surface area contributed by atoms with Gasteiger partial charge in [0.2, 0.25) is 5.91 Å². The molecule has 0 saturated heterocycles. The summed E-state index contributed by atoms with van der Waals surface area (Å²) in [5.41, 5.74) is 1.10. The number of alkyl carbamates (subject to hydrolysis) is 1. The van der Waals surface area contributed by atoms with Crippen LogP contribution >= 0.6 is 11.3 Å². The topological polar surface area (TPSA) is 119 Å². The van der Waals surface area contributed by atoms with Gasteiger partial charge in [0.05, 0.1) is 22.8 Å². The SMILES string of the molecule is CCOC(=O)NC(=O)c1c(NC(=O)CCCS(=O)(=O)c2ccc(F)cc2)sc2c1CCCCC2. The Hall–Kier alpha value is -2.79. The second kappa shape index (κ2) is 11.6. The minimum atomic E-state index is -3.65. The van der Waals surface area contributed by atoms with Crippen LogP contribution in [0.25, 0.3) is 0 Å². The third-order valence-electron chi connectivity index (χ3n) is 5.38. The van der Waals surface area contributed by atoms with Crippen LogP contribution in [0.1, 0.15) is 59.8 Å². The van der Waals surface area contributed by atoms with Crippen LogP contribution in [0.5, 0.6) is 0 Å². The number of carbonyl (C=O) groups excluding carboxylic acids is 3. The first kappa shape index (κ1) is 25.8. The smallest absolute Gasteiger partial charge is 0.414 e.